The van der Waals surface area contributed by atoms with Crippen molar-refractivity contribution in [1.82, 2.24) is 20.0 Å². The highest BCUT2D eigenvalue weighted by molar-refractivity contribution is 5.78. The molecule has 2 rings (SSSR count). The lowest BCUT2D eigenvalue weighted by Gasteiger charge is -2.26. The van der Waals surface area contributed by atoms with E-state index in [0.29, 0.717) is 19.1 Å². The molecule has 1 aromatic rings. The summed E-state index contributed by atoms with van der Waals surface area (Å²) in [6, 6.07) is 2.45. The van der Waals surface area contributed by atoms with Crippen LogP contribution in [0, 0.1) is 0 Å². The number of carbonyl (C=O) groups is 1. The molecule has 1 N–H and O–H groups in total. The molecular weight excluding hydrogens is 252 g/mol. The molecule has 20 heavy (non-hydrogen) atoms. The third-order valence-corrected chi connectivity index (χ3v) is 4.00. The highest BCUT2D eigenvalue weighted by Gasteiger charge is 2.15. The van der Waals surface area contributed by atoms with E-state index >= 15 is 0 Å². The van der Waals surface area contributed by atoms with Crippen molar-refractivity contribution in [2.24, 2.45) is 0 Å². The molecule has 0 aromatic carbocycles. The molecule has 112 valence electrons. The first-order valence-electron chi connectivity index (χ1n) is 7.73. The second kappa shape index (κ2) is 7.43. The average molecular weight is 278 g/mol. The van der Waals surface area contributed by atoms with Gasteiger partial charge in [0, 0.05) is 31.9 Å². The predicted octanol–water partition coefficient (Wildman–Crippen LogP) is 1.96. The lowest BCUT2D eigenvalue weighted by Crippen LogP contribution is -2.41. The number of nitrogens with one attached hydrogen (secondary N) is 1. The first kappa shape index (κ1) is 15.0. The van der Waals surface area contributed by atoms with Gasteiger partial charge in [0.15, 0.2) is 0 Å². The summed E-state index contributed by atoms with van der Waals surface area (Å²) < 4.78 is 1.99. The minimum Gasteiger partial charge on any atom is -0.342 e. The topological polar surface area (TPSA) is 50.2 Å². The van der Waals surface area contributed by atoms with E-state index in [0.717, 1.165) is 38.0 Å². The summed E-state index contributed by atoms with van der Waals surface area (Å²) in [4.78, 5) is 14.0. The molecule has 0 bridgehead atoms. The molecular formula is C15H26N4O. The van der Waals surface area contributed by atoms with Crippen molar-refractivity contribution in [2.45, 2.75) is 52.1 Å². The van der Waals surface area contributed by atoms with Gasteiger partial charge in [0.25, 0.3) is 0 Å². The maximum Gasteiger partial charge on any atom is 0.236 e. The SMILES string of the molecule is CCC(C)n1ccc(CNCC(=O)N2CCCCC2)n1. The Morgan fingerprint density at radius 2 is 2.15 bits per heavy atom. The Bertz CT molecular complexity index is 423. The van der Waals surface area contributed by atoms with E-state index in [1.807, 2.05) is 21.8 Å². The monoisotopic (exact) mass is 278 g/mol. The molecule has 5 nitrogen and oxygen atoms in total. The number of nitrogens with zero attached hydrogens (tertiary/aromatic N) is 3. The fraction of sp³-hybridized carbons (Fsp3) is 0.733. The average Bonchev–Trinajstić information content (AvgIpc) is 2.96. The van der Waals surface area contributed by atoms with E-state index in [2.05, 4.69) is 24.3 Å². The molecule has 0 aliphatic carbocycles. The van der Waals surface area contributed by atoms with Gasteiger partial charge in [0.1, 0.15) is 0 Å². The number of hydrogen-bond acceptors (Lipinski definition) is 3. The molecule has 1 atom stereocenters. The van der Waals surface area contributed by atoms with Crippen LogP contribution in [-0.2, 0) is 11.3 Å². The van der Waals surface area contributed by atoms with Crippen LogP contribution in [0.15, 0.2) is 12.3 Å². The minimum absolute atomic E-state index is 0.214. The van der Waals surface area contributed by atoms with Gasteiger partial charge in [-0.1, -0.05) is 6.92 Å². The second-order valence-electron chi connectivity index (χ2n) is 5.59. The maximum atomic E-state index is 12.0. The van der Waals surface area contributed by atoms with E-state index in [9.17, 15) is 4.79 Å². The number of carbonyl (C=O) groups excluding carboxylic acids is 1. The first-order valence-corrected chi connectivity index (χ1v) is 7.73. The first-order chi connectivity index (χ1) is 9.70. The number of hydrogen-bond donors (Lipinski definition) is 1. The maximum absolute atomic E-state index is 12.0. The van der Waals surface area contributed by atoms with Crippen molar-refractivity contribution in [1.29, 1.82) is 0 Å². The lowest BCUT2D eigenvalue weighted by molar-refractivity contribution is -0.131. The van der Waals surface area contributed by atoms with Gasteiger partial charge in [0.05, 0.1) is 12.2 Å². The normalized spacial score (nSPS) is 17.2. The van der Waals surface area contributed by atoms with Gasteiger partial charge in [0.2, 0.25) is 5.91 Å². The lowest BCUT2D eigenvalue weighted by atomic mass is 10.1. The van der Waals surface area contributed by atoms with Crippen LogP contribution in [0.4, 0.5) is 0 Å². The summed E-state index contributed by atoms with van der Waals surface area (Å²) in [6.07, 6.45) is 6.62. The zero-order valence-electron chi connectivity index (χ0n) is 12.6. The summed E-state index contributed by atoms with van der Waals surface area (Å²) in [7, 11) is 0. The van der Waals surface area contributed by atoms with Crippen molar-refractivity contribution < 1.29 is 4.79 Å². The molecule has 1 fully saturated rings. The van der Waals surface area contributed by atoms with Crippen molar-refractivity contribution in [3.05, 3.63) is 18.0 Å². The predicted molar refractivity (Wildman–Crippen MR) is 79.4 cm³/mol. The van der Waals surface area contributed by atoms with Crippen molar-refractivity contribution in [2.75, 3.05) is 19.6 Å². The summed E-state index contributed by atoms with van der Waals surface area (Å²) >= 11 is 0. The number of aromatic nitrogens is 2. The molecule has 0 spiro atoms. The van der Waals surface area contributed by atoms with Gasteiger partial charge >= 0.3 is 0 Å². The molecule has 1 amide bonds. The summed E-state index contributed by atoms with van der Waals surface area (Å²) in [5.74, 6) is 0.214. The Hall–Kier alpha value is -1.36. The van der Waals surface area contributed by atoms with Gasteiger partial charge in [-0.15, -0.1) is 0 Å². The van der Waals surface area contributed by atoms with Crippen LogP contribution in [0.1, 0.15) is 51.3 Å². The molecule has 1 aromatic heterocycles. The Labute approximate surface area is 121 Å². The van der Waals surface area contributed by atoms with Crippen LogP contribution in [-0.4, -0.2) is 40.2 Å². The highest BCUT2D eigenvalue weighted by atomic mass is 16.2. The highest BCUT2D eigenvalue weighted by Crippen LogP contribution is 2.10. The molecule has 1 unspecified atom stereocenters. The van der Waals surface area contributed by atoms with Crippen molar-refractivity contribution in [3.8, 4) is 0 Å². The second-order valence-corrected chi connectivity index (χ2v) is 5.59. The molecule has 2 heterocycles. The molecule has 1 saturated heterocycles. The van der Waals surface area contributed by atoms with Crippen LogP contribution in [0.3, 0.4) is 0 Å². The standard InChI is InChI=1S/C15H26N4O/c1-3-13(2)19-10-7-14(17-19)11-16-12-15(20)18-8-5-4-6-9-18/h7,10,13,16H,3-6,8-9,11-12H2,1-2H3. The van der Waals surface area contributed by atoms with Gasteiger partial charge in [-0.25, -0.2) is 0 Å². The van der Waals surface area contributed by atoms with E-state index in [1.165, 1.54) is 6.42 Å². The summed E-state index contributed by atoms with van der Waals surface area (Å²) in [5, 5.41) is 7.72. The van der Waals surface area contributed by atoms with Gasteiger partial charge in [-0.3, -0.25) is 9.48 Å². The molecule has 0 radical (unpaired) electrons. The fourth-order valence-electron chi connectivity index (χ4n) is 2.46. The largest absolute Gasteiger partial charge is 0.342 e. The number of piperidine rings is 1. The van der Waals surface area contributed by atoms with E-state index in [1.54, 1.807) is 0 Å². The smallest absolute Gasteiger partial charge is 0.236 e. The van der Waals surface area contributed by atoms with Gasteiger partial charge < -0.3 is 10.2 Å². The third-order valence-electron chi connectivity index (χ3n) is 4.00. The van der Waals surface area contributed by atoms with E-state index in [-0.39, 0.29) is 5.91 Å². The minimum atomic E-state index is 0.214. The molecule has 0 saturated carbocycles. The number of amides is 1. The van der Waals surface area contributed by atoms with Crippen LogP contribution < -0.4 is 5.32 Å². The van der Waals surface area contributed by atoms with Crippen molar-refractivity contribution in [3.63, 3.8) is 0 Å². The van der Waals surface area contributed by atoms with Crippen molar-refractivity contribution >= 4 is 5.91 Å². The molecule has 5 heteroatoms. The summed E-state index contributed by atoms with van der Waals surface area (Å²) in [5.41, 5.74) is 0.997. The van der Waals surface area contributed by atoms with Gasteiger partial charge in [-0.05, 0) is 38.7 Å². The zero-order chi connectivity index (χ0) is 14.4. The Balaban J connectivity index is 1.72. The third kappa shape index (κ3) is 4.07. The van der Waals surface area contributed by atoms with E-state index in [4.69, 9.17) is 0 Å². The van der Waals surface area contributed by atoms with Gasteiger partial charge in [-0.2, -0.15) is 5.10 Å². The zero-order valence-corrected chi connectivity index (χ0v) is 12.6. The Morgan fingerprint density at radius 3 is 2.85 bits per heavy atom. The molecule has 1 aliphatic rings. The fourth-order valence-corrected chi connectivity index (χ4v) is 2.46. The van der Waals surface area contributed by atoms with Crippen LogP contribution >= 0.6 is 0 Å². The Kier molecular flexibility index (Phi) is 5.59. The Morgan fingerprint density at radius 1 is 1.40 bits per heavy atom. The van der Waals surface area contributed by atoms with Crippen LogP contribution in [0.5, 0.6) is 0 Å². The number of rotatable bonds is 6. The number of likely N-dealkylation sites (tertiary alicyclic amines) is 1. The van der Waals surface area contributed by atoms with E-state index < -0.39 is 0 Å². The molecule has 1 aliphatic heterocycles. The summed E-state index contributed by atoms with van der Waals surface area (Å²) in [6.45, 7) is 7.22. The van der Waals surface area contributed by atoms with Crippen LogP contribution in [0.2, 0.25) is 0 Å². The quantitative estimate of drug-likeness (QED) is 0.865. The van der Waals surface area contributed by atoms with Crippen LogP contribution in [0.25, 0.3) is 0 Å².